The fourth-order valence-electron chi connectivity index (χ4n) is 4.80. The lowest BCUT2D eigenvalue weighted by molar-refractivity contribution is 0.585. The number of aryl methyl sites for hydroxylation is 2. The van der Waals surface area contributed by atoms with E-state index in [1.165, 1.54) is 33.6 Å². The Morgan fingerprint density at radius 2 is 1.76 bits per heavy atom. The number of allylic oxidation sites excluding steroid dienone is 1. The van der Waals surface area contributed by atoms with E-state index in [0.717, 1.165) is 34.5 Å². The lowest BCUT2D eigenvalue weighted by atomic mass is 9.83. The summed E-state index contributed by atoms with van der Waals surface area (Å²) >= 11 is 7.81. The van der Waals surface area contributed by atoms with Crippen LogP contribution in [-0.4, -0.2) is 4.57 Å². The molecule has 0 saturated heterocycles. The first kappa shape index (κ1) is 20.4. The largest absolute Gasteiger partial charge is 0.272 e. The van der Waals surface area contributed by atoms with Gasteiger partial charge in [-0.3, -0.25) is 9.36 Å². The second kappa shape index (κ2) is 7.98. The maximum Gasteiger partial charge on any atom is 0.271 e. The molecule has 6 rings (SSSR count). The molecule has 3 nitrogen and oxygen atoms in total. The average Bonchev–Trinajstić information content (AvgIpc) is 3.14. The predicted molar refractivity (Wildman–Crippen MR) is 135 cm³/mol. The van der Waals surface area contributed by atoms with Gasteiger partial charge < -0.3 is 0 Å². The molecule has 4 aromatic rings. The highest BCUT2D eigenvalue weighted by molar-refractivity contribution is 7.07. The van der Waals surface area contributed by atoms with Crippen LogP contribution in [0.3, 0.4) is 0 Å². The Morgan fingerprint density at radius 1 is 1.00 bits per heavy atom. The summed E-state index contributed by atoms with van der Waals surface area (Å²) in [5.74, 6) is 0. The lowest BCUT2D eigenvalue weighted by Crippen LogP contribution is -2.38. The van der Waals surface area contributed by atoms with Crippen LogP contribution < -0.4 is 14.9 Å². The number of fused-ring (bicyclic) bond motifs is 3. The maximum absolute atomic E-state index is 13.7. The Labute approximate surface area is 200 Å². The summed E-state index contributed by atoms with van der Waals surface area (Å²) < 4.78 is 2.53. The van der Waals surface area contributed by atoms with E-state index in [9.17, 15) is 4.79 Å². The van der Waals surface area contributed by atoms with Gasteiger partial charge in [-0.05, 0) is 54.2 Å². The molecule has 0 fully saturated rings. The van der Waals surface area contributed by atoms with E-state index in [0.29, 0.717) is 9.55 Å². The van der Waals surface area contributed by atoms with Gasteiger partial charge in [0.2, 0.25) is 0 Å². The predicted octanol–water partition coefficient (Wildman–Crippen LogP) is 5.28. The number of thiazole rings is 1. The number of hydrogen-bond donors (Lipinski definition) is 0. The van der Waals surface area contributed by atoms with E-state index in [2.05, 4.69) is 55.5 Å². The van der Waals surface area contributed by atoms with Crippen LogP contribution in [0.15, 0.2) is 88.2 Å². The van der Waals surface area contributed by atoms with Crippen LogP contribution in [0.5, 0.6) is 0 Å². The molecule has 1 aliphatic carbocycles. The van der Waals surface area contributed by atoms with E-state index in [1.807, 2.05) is 34.9 Å². The van der Waals surface area contributed by atoms with Crippen molar-refractivity contribution in [3.63, 3.8) is 0 Å². The van der Waals surface area contributed by atoms with Gasteiger partial charge in [0.05, 0.1) is 16.3 Å². The highest BCUT2D eigenvalue weighted by atomic mass is 35.5. The zero-order valence-electron chi connectivity index (χ0n) is 18.1. The molecule has 0 unspecified atom stereocenters. The van der Waals surface area contributed by atoms with Gasteiger partial charge in [-0.25, -0.2) is 4.99 Å². The van der Waals surface area contributed by atoms with Crippen molar-refractivity contribution in [3.05, 3.63) is 131 Å². The number of halogens is 1. The van der Waals surface area contributed by atoms with E-state index >= 15 is 0 Å². The first-order chi connectivity index (χ1) is 16.1. The number of benzene rings is 3. The van der Waals surface area contributed by atoms with Crippen LogP contribution in [0.4, 0.5) is 0 Å². The molecule has 2 aliphatic rings. The molecule has 0 radical (unpaired) electrons. The molecule has 33 heavy (non-hydrogen) atoms. The van der Waals surface area contributed by atoms with Gasteiger partial charge in [-0.15, -0.1) is 0 Å². The molecule has 0 N–H and O–H groups in total. The van der Waals surface area contributed by atoms with Gasteiger partial charge in [0.1, 0.15) is 0 Å². The quantitative estimate of drug-likeness (QED) is 0.394. The number of aromatic nitrogens is 1. The van der Waals surface area contributed by atoms with E-state index in [-0.39, 0.29) is 11.6 Å². The van der Waals surface area contributed by atoms with Crippen LogP contribution in [0.1, 0.15) is 40.3 Å². The van der Waals surface area contributed by atoms with Crippen molar-refractivity contribution >= 4 is 34.7 Å². The standard InChI is InChI=1S/C28H21ClN2OS/c1-17-10-12-19(13-11-17)26-22-15-14-18-6-2-4-8-21(18)25(22)30-28-31(26)27(32)24(33-28)16-20-7-3-5-9-23(20)29/h2-13,16,26H,14-15H2,1H3/b24-16+/t26-/m0/s1. The van der Waals surface area contributed by atoms with Gasteiger partial charge in [0.25, 0.3) is 5.56 Å². The van der Waals surface area contributed by atoms with Crippen LogP contribution >= 0.6 is 22.9 Å². The summed E-state index contributed by atoms with van der Waals surface area (Å²) in [5.41, 5.74) is 7.88. The highest BCUT2D eigenvalue weighted by Crippen LogP contribution is 2.41. The zero-order chi connectivity index (χ0) is 22.5. The molecule has 162 valence electrons. The molecule has 0 spiro atoms. The van der Waals surface area contributed by atoms with Crippen molar-refractivity contribution in [1.29, 1.82) is 0 Å². The monoisotopic (exact) mass is 468 g/mol. The SMILES string of the molecule is Cc1ccc([C@H]2C3=C(N=c4s/c(=C/c5ccccc5Cl)c(=O)n42)c2ccccc2CC3)cc1. The van der Waals surface area contributed by atoms with Crippen molar-refractivity contribution in [2.45, 2.75) is 25.8 Å². The Bertz CT molecular complexity index is 1610. The second-order valence-corrected chi connectivity index (χ2v) is 9.96. The third-order valence-electron chi connectivity index (χ3n) is 6.46. The summed E-state index contributed by atoms with van der Waals surface area (Å²) in [7, 11) is 0. The summed E-state index contributed by atoms with van der Waals surface area (Å²) in [6.45, 7) is 2.08. The number of hydrogen-bond acceptors (Lipinski definition) is 3. The maximum atomic E-state index is 13.7. The molecule has 3 aromatic carbocycles. The van der Waals surface area contributed by atoms with Crippen LogP contribution in [0.25, 0.3) is 11.8 Å². The van der Waals surface area contributed by atoms with Crippen molar-refractivity contribution < 1.29 is 0 Å². The second-order valence-electron chi connectivity index (χ2n) is 8.55. The van der Waals surface area contributed by atoms with Crippen molar-refractivity contribution in [2.75, 3.05) is 0 Å². The number of rotatable bonds is 2. The molecule has 1 aromatic heterocycles. The van der Waals surface area contributed by atoms with Crippen molar-refractivity contribution in [3.8, 4) is 0 Å². The summed E-state index contributed by atoms with van der Waals surface area (Å²) in [6, 6.07) is 24.4. The first-order valence-corrected chi connectivity index (χ1v) is 12.2. The molecule has 1 aliphatic heterocycles. The van der Waals surface area contributed by atoms with Gasteiger partial charge >= 0.3 is 0 Å². The molecular weight excluding hydrogens is 448 g/mol. The number of nitrogens with zero attached hydrogens (tertiary/aromatic N) is 2. The molecule has 0 bridgehead atoms. The smallest absolute Gasteiger partial charge is 0.271 e. The van der Waals surface area contributed by atoms with E-state index in [1.54, 1.807) is 0 Å². The minimum absolute atomic E-state index is 0.0188. The fourth-order valence-corrected chi connectivity index (χ4v) is 5.99. The van der Waals surface area contributed by atoms with Crippen molar-refractivity contribution in [1.82, 2.24) is 4.57 Å². The van der Waals surface area contributed by atoms with E-state index in [4.69, 9.17) is 16.6 Å². The van der Waals surface area contributed by atoms with Crippen LogP contribution in [0, 0.1) is 6.92 Å². The first-order valence-electron chi connectivity index (χ1n) is 11.0. The Hall–Kier alpha value is -3.21. The Morgan fingerprint density at radius 3 is 2.58 bits per heavy atom. The van der Waals surface area contributed by atoms with E-state index < -0.39 is 0 Å². The van der Waals surface area contributed by atoms with Gasteiger partial charge in [-0.1, -0.05) is 95.2 Å². The van der Waals surface area contributed by atoms with Gasteiger partial charge in [0.15, 0.2) is 4.80 Å². The highest BCUT2D eigenvalue weighted by Gasteiger charge is 2.32. The molecule has 5 heteroatoms. The fraction of sp³-hybridized carbons (Fsp3) is 0.143. The molecule has 2 heterocycles. The van der Waals surface area contributed by atoms with Crippen LogP contribution in [-0.2, 0) is 6.42 Å². The Balaban J connectivity index is 1.64. The summed E-state index contributed by atoms with van der Waals surface area (Å²) in [6.07, 6.45) is 3.73. The van der Waals surface area contributed by atoms with Gasteiger partial charge in [0, 0.05) is 10.6 Å². The molecule has 0 saturated carbocycles. The average molecular weight is 469 g/mol. The van der Waals surface area contributed by atoms with Crippen molar-refractivity contribution in [2.24, 2.45) is 4.99 Å². The lowest BCUT2D eigenvalue weighted by Gasteiger charge is -2.30. The van der Waals surface area contributed by atoms with Gasteiger partial charge in [-0.2, -0.15) is 0 Å². The third kappa shape index (κ3) is 3.41. The Kier molecular flexibility index (Phi) is 4.93. The topological polar surface area (TPSA) is 34.4 Å². The molecule has 0 amide bonds. The normalized spacial score (nSPS) is 17.3. The third-order valence-corrected chi connectivity index (χ3v) is 7.79. The zero-order valence-corrected chi connectivity index (χ0v) is 19.7. The molecule has 1 atom stereocenters. The minimum Gasteiger partial charge on any atom is -0.272 e. The summed E-state index contributed by atoms with van der Waals surface area (Å²) in [4.78, 5) is 19.5. The minimum atomic E-state index is -0.154. The van der Waals surface area contributed by atoms with Crippen LogP contribution in [0.2, 0.25) is 5.02 Å². The molecular formula is C28H21ClN2OS. The summed E-state index contributed by atoms with van der Waals surface area (Å²) in [5, 5.41) is 0.631.